The van der Waals surface area contributed by atoms with E-state index < -0.39 is 5.97 Å². The monoisotopic (exact) mass is 359 g/mol. The van der Waals surface area contributed by atoms with Gasteiger partial charge in [-0.2, -0.15) is 0 Å². The van der Waals surface area contributed by atoms with Crippen LogP contribution < -0.4 is 29.6 Å². The molecule has 96 valence electrons. The number of fused-ring (bicyclic) bond motifs is 3. The summed E-state index contributed by atoms with van der Waals surface area (Å²) in [5.41, 5.74) is 0.265. The standard InChI is InChI=1S/C14H7BrClNO2.Na.H/c15-12-4-8-3-7(14(18)19)1-2-9(8)11-6-17-13(16)5-10(11)12;;/h1-6H,(H,18,19);;/q;+1;-1. The SMILES string of the molecule is O=C(O)c1ccc2c(c1)cc(Br)c1cc(Cl)ncc12.[H-].[Na+]. The summed E-state index contributed by atoms with van der Waals surface area (Å²) in [6.45, 7) is 0. The second-order valence-electron chi connectivity index (χ2n) is 4.15. The molecule has 0 fully saturated rings. The summed E-state index contributed by atoms with van der Waals surface area (Å²) in [7, 11) is 0. The summed E-state index contributed by atoms with van der Waals surface area (Å²) < 4.78 is 0.863. The van der Waals surface area contributed by atoms with Crippen molar-refractivity contribution in [3.05, 3.63) is 51.7 Å². The van der Waals surface area contributed by atoms with Gasteiger partial charge in [0.2, 0.25) is 0 Å². The van der Waals surface area contributed by atoms with Gasteiger partial charge in [0.15, 0.2) is 0 Å². The Balaban J connectivity index is 0.00000110. The van der Waals surface area contributed by atoms with Crippen LogP contribution in [-0.2, 0) is 0 Å². The van der Waals surface area contributed by atoms with E-state index in [0.717, 1.165) is 26.0 Å². The topological polar surface area (TPSA) is 50.2 Å². The number of nitrogens with zero attached hydrogens (tertiary/aromatic N) is 1. The molecule has 0 bridgehead atoms. The molecule has 0 radical (unpaired) electrons. The van der Waals surface area contributed by atoms with Gasteiger partial charge >= 0.3 is 35.5 Å². The van der Waals surface area contributed by atoms with E-state index in [9.17, 15) is 4.79 Å². The van der Waals surface area contributed by atoms with Gasteiger partial charge in [-0.25, -0.2) is 9.78 Å². The molecule has 6 heteroatoms. The first-order valence-electron chi connectivity index (χ1n) is 5.47. The average molecular weight is 361 g/mol. The predicted molar refractivity (Wildman–Crippen MR) is 80.0 cm³/mol. The van der Waals surface area contributed by atoms with Crippen LogP contribution in [0.2, 0.25) is 5.15 Å². The molecule has 1 aromatic heterocycles. The molecule has 3 aromatic rings. The first-order valence-corrected chi connectivity index (χ1v) is 6.64. The van der Waals surface area contributed by atoms with Gasteiger partial charge in [-0.3, -0.25) is 0 Å². The molecule has 0 amide bonds. The summed E-state index contributed by atoms with van der Waals surface area (Å²) in [5.74, 6) is -0.938. The summed E-state index contributed by atoms with van der Waals surface area (Å²) >= 11 is 9.38. The average Bonchev–Trinajstić information content (AvgIpc) is 2.38. The molecule has 3 nitrogen and oxygen atoms in total. The number of carboxylic acids is 1. The van der Waals surface area contributed by atoms with Gasteiger partial charge in [0.25, 0.3) is 0 Å². The molecule has 0 aliphatic heterocycles. The molecule has 0 saturated heterocycles. The van der Waals surface area contributed by atoms with Crippen LogP contribution in [0.3, 0.4) is 0 Å². The summed E-state index contributed by atoms with van der Waals surface area (Å²) in [4.78, 5) is 15.1. The van der Waals surface area contributed by atoms with Crippen molar-refractivity contribution < 1.29 is 40.9 Å². The molecule has 1 N–H and O–H groups in total. The number of pyridine rings is 1. The molecule has 0 aliphatic rings. The second kappa shape index (κ2) is 6.00. The Morgan fingerprint density at radius 3 is 2.65 bits per heavy atom. The number of aromatic nitrogens is 1. The number of carboxylic acid groups (broad SMARTS) is 1. The zero-order valence-electron chi connectivity index (χ0n) is 11.5. The Labute approximate surface area is 151 Å². The Morgan fingerprint density at radius 2 is 1.95 bits per heavy atom. The third-order valence-corrected chi connectivity index (χ3v) is 3.86. The van der Waals surface area contributed by atoms with E-state index in [1.54, 1.807) is 30.5 Å². The van der Waals surface area contributed by atoms with E-state index in [4.69, 9.17) is 16.7 Å². The van der Waals surface area contributed by atoms with E-state index in [-0.39, 0.29) is 36.5 Å². The van der Waals surface area contributed by atoms with Crippen LogP contribution in [-0.4, -0.2) is 16.1 Å². The van der Waals surface area contributed by atoms with E-state index in [1.165, 1.54) is 0 Å². The number of benzene rings is 2. The van der Waals surface area contributed by atoms with Crippen molar-refractivity contribution in [2.24, 2.45) is 0 Å². The quantitative estimate of drug-likeness (QED) is 0.408. The molecular formula is C14H8BrClNNaO2. The maximum atomic E-state index is 11.0. The number of hydrogen-bond acceptors (Lipinski definition) is 2. The summed E-state index contributed by atoms with van der Waals surface area (Å²) in [6.07, 6.45) is 1.70. The van der Waals surface area contributed by atoms with Crippen LogP contribution in [0.1, 0.15) is 11.8 Å². The Bertz CT molecular complexity index is 844. The predicted octanol–water partition coefficient (Wildman–Crippen LogP) is 1.62. The molecule has 0 unspecified atom stereocenters. The van der Waals surface area contributed by atoms with Gasteiger partial charge in [-0.15, -0.1) is 0 Å². The molecule has 0 atom stereocenters. The number of halogens is 2. The molecule has 3 rings (SSSR count). The Kier molecular flexibility index (Phi) is 4.72. The van der Waals surface area contributed by atoms with Gasteiger partial charge < -0.3 is 6.53 Å². The van der Waals surface area contributed by atoms with Crippen molar-refractivity contribution in [2.45, 2.75) is 0 Å². The van der Waals surface area contributed by atoms with E-state index in [2.05, 4.69) is 20.9 Å². The van der Waals surface area contributed by atoms with Crippen LogP contribution >= 0.6 is 27.5 Å². The van der Waals surface area contributed by atoms with Crippen molar-refractivity contribution in [1.82, 2.24) is 4.98 Å². The van der Waals surface area contributed by atoms with Gasteiger partial charge in [-0.05, 0) is 35.0 Å². The van der Waals surface area contributed by atoms with Gasteiger partial charge in [-0.1, -0.05) is 33.6 Å². The number of rotatable bonds is 1. The number of aromatic carboxylic acids is 1. The normalized spacial score (nSPS) is 10.5. The molecule has 20 heavy (non-hydrogen) atoms. The molecule has 0 aliphatic carbocycles. The minimum absolute atomic E-state index is 0. The fourth-order valence-electron chi connectivity index (χ4n) is 2.12. The molecule has 1 heterocycles. The summed E-state index contributed by atoms with van der Waals surface area (Å²) in [6, 6.07) is 8.71. The smallest absolute Gasteiger partial charge is 1.00 e. The van der Waals surface area contributed by atoms with Crippen molar-refractivity contribution in [1.29, 1.82) is 0 Å². The fraction of sp³-hybridized carbons (Fsp3) is 0. The van der Waals surface area contributed by atoms with Gasteiger partial charge in [0, 0.05) is 21.4 Å². The molecule has 0 saturated carbocycles. The minimum atomic E-state index is -0.938. The first-order chi connectivity index (χ1) is 9.06. The zero-order chi connectivity index (χ0) is 13.6. The number of hydrogen-bond donors (Lipinski definition) is 1. The van der Waals surface area contributed by atoms with Crippen LogP contribution in [0, 0.1) is 0 Å². The first kappa shape index (κ1) is 15.7. The third-order valence-electron chi connectivity index (χ3n) is 3.00. The zero-order valence-corrected chi connectivity index (χ0v) is 14.9. The van der Waals surface area contributed by atoms with E-state index in [1.807, 2.05) is 6.07 Å². The van der Waals surface area contributed by atoms with Crippen molar-refractivity contribution >= 4 is 55.0 Å². The Hall–Kier alpha value is -0.650. The van der Waals surface area contributed by atoms with Gasteiger partial charge in [0.05, 0.1) is 5.56 Å². The van der Waals surface area contributed by atoms with E-state index in [0.29, 0.717) is 5.15 Å². The largest absolute Gasteiger partial charge is 1.00 e. The van der Waals surface area contributed by atoms with Crippen LogP contribution in [0.25, 0.3) is 21.5 Å². The molecule has 0 spiro atoms. The fourth-order valence-corrected chi connectivity index (χ4v) is 2.85. The maximum Gasteiger partial charge on any atom is 1.00 e. The second-order valence-corrected chi connectivity index (χ2v) is 5.39. The van der Waals surface area contributed by atoms with Crippen LogP contribution in [0.15, 0.2) is 41.0 Å². The summed E-state index contributed by atoms with van der Waals surface area (Å²) in [5, 5.41) is 13.1. The third kappa shape index (κ3) is 2.71. The van der Waals surface area contributed by atoms with Gasteiger partial charge in [0.1, 0.15) is 5.15 Å². The van der Waals surface area contributed by atoms with Crippen molar-refractivity contribution in [3.63, 3.8) is 0 Å². The van der Waals surface area contributed by atoms with Crippen molar-refractivity contribution in [3.8, 4) is 0 Å². The Morgan fingerprint density at radius 1 is 1.20 bits per heavy atom. The minimum Gasteiger partial charge on any atom is -1.00 e. The number of carbonyl (C=O) groups is 1. The van der Waals surface area contributed by atoms with Crippen LogP contribution in [0.4, 0.5) is 0 Å². The van der Waals surface area contributed by atoms with Crippen LogP contribution in [0.5, 0.6) is 0 Å². The van der Waals surface area contributed by atoms with Crippen molar-refractivity contribution in [2.75, 3.05) is 0 Å². The maximum absolute atomic E-state index is 11.0. The molecular weight excluding hydrogens is 353 g/mol. The van der Waals surface area contributed by atoms with E-state index >= 15 is 0 Å². The molecule has 2 aromatic carbocycles.